The van der Waals surface area contributed by atoms with Crippen LogP contribution in [-0.2, 0) is 9.59 Å². The maximum Gasteiger partial charge on any atom is 0.213 e. The molecule has 1 atom stereocenters. The molecule has 1 aliphatic carbocycles. The highest BCUT2D eigenvalue weighted by Crippen LogP contribution is 2.17. The molecule has 2 heteroatoms. The van der Waals surface area contributed by atoms with Crippen LogP contribution in [0.1, 0.15) is 64.7 Å². The zero-order valence-corrected chi connectivity index (χ0v) is 10.8. The number of hydrogen-bond acceptors (Lipinski definition) is 2. The monoisotopic (exact) mass is 234 g/mol. The van der Waals surface area contributed by atoms with Gasteiger partial charge in [-0.05, 0) is 12.8 Å². The molecule has 1 unspecified atom stereocenters. The second-order valence-corrected chi connectivity index (χ2v) is 4.72. The van der Waals surface area contributed by atoms with Gasteiger partial charge in [-0.3, -0.25) is 9.59 Å². The Kier molecular flexibility index (Phi) is 6.62. The van der Waals surface area contributed by atoms with Gasteiger partial charge in [0, 0.05) is 12.8 Å². The Hall–Kier alpha value is -1.10. The van der Waals surface area contributed by atoms with Crippen LogP contribution in [0.25, 0.3) is 0 Å². The minimum absolute atomic E-state index is 0.233. The molecule has 1 rings (SSSR count). The summed E-state index contributed by atoms with van der Waals surface area (Å²) in [6, 6.07) is 0. The summed E-state index contributed by atoms with van der Waals surface area (Å²) in [4.78, 5) is 22.3. The molecule has 1 aliphatic rings. The summed E-state index contributed by atoms with van der Waals surface area (Å²) in [7, 11) is 0. The van der Waals surface area contributed by atoms with Gasteiger partial charge < -0.3 is 0 Å². The fourth-order valence-electron chi connectivity index (χ4n) is 2.05. The summed E-state index contributed by atoms with van der Waals surface area (Å²) >= 11 is 0. The van der Waals surface area contributed by atoms with Crippen molar-refractivity contribution in [1.82, 2.24) is 0 Å². The van der Waals surface area contributed by atoms with Gasteiger partial charge in [0.05, 0.1) is 5.92 Å². The molecule has 94 valence electrons. The summed E-state index contributed by atoms with van der Waals surface area (Å²) in [6.07, 6.45) is 9.45. The lowest BCUT2D eigenvalue weighted by molar-refractivity contribution is -0.134. The molecule has 0 aliphatic heterocycles. The van der Waals surface area contributed by atoms with E-state index in [1.807, 2.05) is 0 Å². The molecule has 17 heavy (non-hydrogen) atoms. The first-order chi connectivity index (χ1) is 8.25. The third-order valence-electron chi connectivity index (χ3n) is 3.18. The maximum absolute atomic E-state index is 11.3. The maximum atomic E-state index is 11.3. The number of hydrogen-bond donors (Lipinski definition) is 0. The normalized spacial score (nSPS) is 19.2. The van der Waals surface area contributed by atoms with E-state index in [0.29, 0.717) is 12.8 Å². The summed E-state index contributed by atoms with van der Waals surface area (Å²) in [5, 5.41) is 0. The molecule has 1 saturated carbocycles. The van der Waals surface area contributed by atoms with Crippen molar-refractivity contribution in [2.24, 2.45) is 5.92 Å². The summed E-state index contributed by atoms with van der Waals surface area (Å²) in [6.45, 7) is 2.21. The van der Waals surface area contributed by atoms with Gasteiger partial charge in [0.1, 0.15) is 0 Å². The molecule has 1 fully saturated rings. The second kappa shape index (κ2) is 8.06. The van der Waals surface area contributed by atoms with Crippen LogP contribution in [0, 0.1) is 17.8 Å². The Morgan fingerprint density at radius 1 is 1.12 bits per heavy atom. The summed E-state index contributed by atoms with van der Waals surface area (Å²) in [5.41, 5.74) is 0. The number of carbonyl (C=O) groups excluding carboxylic acids is 2. The van der Waals surface area contributed by atoms with Crippen molar-refractivity contribution >= 4 is 11.6 Å². The number of rotatable bonds is 6. The highest BCUT2D eigenvalue weighted by atomic mass is 16.2. The van der Waals surface area contributed by atoms with E-state index in [1.54, 1.807) is 0 Å². The van der Waals surface area contributed by atoms with Gasteiger partial charge in [0.15, 0.2) is 5.78 Å². The van der Waals surface area contributed by atoms with E-state index in [2.05, 4.69) is 18.8 Å². The van der Waals surface area contributed by atoms with Crippen molar-refractivity contribution in [3.8, 4) is 11.8 Å². The van der Waals surface area contributed by atoms with Crippen molar-refractivity contribution in [3.05, 3.63) is 0 Å². The van der Waals surface area contributed by atoms with Crippen molar-refractivity contribution in [3.63, 3.8) is 0 Å². The zero-order chi connectivity index (χ0) is 12.5. The molecular formula is C15H22O2. The fourth-order valence-corrected chi connectivity index (χ4v) is 2.05. The van der Waals surface area contributed by atoms with Gasteiger partial charge in [-0.2, -0.15) is 0 Å². The van der Waals surface area contributed by atoms with Crippen LogP contribution in [0.3, 0.4) is 0 Å². The number of ketones is 2. The molecule has 0 aromatic heterocycles. The lowest BCUT2D eigenvalue weighted by Crippen LogP contribution is -2.11. The van der Waals surface area contributed by atoms with Gasteiger partial charge in [-0.15, -0.1) is 5.92 Å². The van der Waals surface area contributed by atoms with Crippen LogP contribution in [0.5, 0.6) is 0 Å². The lowest BCUT2D eigenvalue weighted by Gasteiger charge is -1.97. The highest BCUT2D eigenvalue weighted by Gasteiger charge is 2.30. The molecule has 0 amide bonds. The Bertz CT molecular complexity index is 320. The molecule has 0 aromatic carbocycles. The molecular weight excluding hydrogens is 212 g/mol. The molecule has 0 spiro atoms. The van der Waals surface area contributed by atoms with E-state index in [9.17, 15) is 9.59 Å². The van der Waals surface area contributed by atoms with Gasteiger partial charge in [-0.1, -0.05) is 44.9 Å². The molecule has 0 radical (unpaired) electrons. The van der Waals surface area contributed by atoms with Crippen LogP contribution >= 0.6 is 0 Å². The van der Waals surface area contributed by atoms with E-state index in [1.165, 1.54) is 32.1 Å². The van der Waals surface area contributed by atoms with E-state index in [0.717, 1.165) is 12.8 Å². The van der Waals surface area contributed by atoms with Gasteiger partial charge in [0.2, 0.25) is 5.78 Å². The Morgan fingerprint density at radius 3 is 2.47 bits per heavy atom. The van der Waals surface area contributed by atoms with E-state index in [4.69, 9.17) is 0 Å². The summed E-state index contributed by atoms with van der Waals surface area (Å²) in [5.74, 6) is 5.20. The van der Waals surface area contributed by atoms with Gasteiger partial charge in [-0.25, -0.2) is 0 Å². The first-order valence-electron chi connectivity index (χ1n) is 6.81. The van der Waals surface area contributed by atoms with Crippen LogP contribution in [0.2, 0.25) is 0 Å². The number of unbranched alkanes of at least 4 members (excludes halogenated alkanes) is 6. The highest BCUT2D eigenvalue weighted by molar-refractivity contribution is 6.40. The Morgan fingerprint density at radius 2 is 1.82 bits per heavy atom. The Balaban J connectivity index is 2.07. The number of carbonyl (C=O) groups is 2. The van der Waals surface area contributed by atoms with Gasteiger partial charge in [0.25, 0.3) is 0 Å². The smallest absolute Gasteiger partial charge is 0.213 e. The zero-order valence-electron chi connectivity index (χ0n) is 10.8. The van der Waals surface area contributed by atoms with E-state index >= 15 is 0 Å². The lowest BCUT2D eigenvalue weighted by atomic mass is 10.1. The molecule has 0 saturated heterocycles. The van der Waals surface area contributed by atoms with Crippen molar-refractivity contribution < 1.29 is 9.59 Å². The average Bonchev–Trinajstić information content (AvgIpc) is 2.64. The SMILES string of the molecule is CCCCCCCCC#CC1CCC(=O)C1=O. The first kappa shape index (κ1) is 14.0. The Labute approximate surface area is 104 Å². The average molecular weight is 234 g/mol. The van der Waals surface area contributed by atoms with Crippen molar-refractivity contribution in [2.75, 3.05) is 0 Å². The third-order valence-corrected chi connectivity index (χ3v) is 3.18. The largest absolute Gasteiger partial charge is 0.291 e. The van der Waals surface area contributed by atoms with E-state index in [-0.39, 0.29) is 17.5 Å². The van der Waals surface area contributed by atoms with Crippen LogP contribution in [0.15, 0.2) is 0 Å². The third kappa shape index (κ3) is 5.17. The first-order valence-corrected chi connectivity index (χ1v) is 6.81. The van der Waals surface area contributed by atoms with Crippen LogP contribution in [-0.4, -0.2) is 11.6 Å². The molecule has 0 aromatic rings. The summed E-state index contributed by atoms with van der Waals surface area (Å²) < 4.78 is 0. The van der Waals surface area contributed by atoms with Crippen molar-refractivity contribution in [1.29, 1.82) is 0 Å². The standard InChI is InChI=1S/C15H22O2/c1-2-3-4-5-6-7-8-9-10-13-11-12-14(16)15(13)17/h13H,2-8,11-12H2,1H3. The predicted molar refractivity (Wildman–Crippen MR) is 68.5 cm³/mol. The van der Waals surface area contributed by atoms with Crippen molar-refractivity contribution in [2.45, 2.75) is 64.7 Å². The minimum Gasteiger partial charge on any atom is -0.291 e. The predicted octanol–water partition coefficient (Wildman–Crippen LogP) is 3.29. The van der Waals surface area contributed by atoms with E-state index < -0.39 is 0 Å². The minimum atomic E-state index is -0.289. The topological polar surface area (TPSA) is 34.1 Å². The quantitative estimate of drug-likeness (QED) is 0.401. The van der Waals surface area contributed by atoms with Gasteiger partial charge >= 0.3 is 0 Å². The number of Topliss-reactive ketones (excluding diaryl/α,β-unsaturated/α-hetero) is 2. The fraction of sp³-hybridized carbons (Fsp3) is 0.733. The second-order valence-electron chi connectivity index (χ2n) is 4.72. The molecule has 2 nitrogen and oxygen atoms in total. The molecule has 0 N–H and O–H groups in total. The molecule has 0 bridgehead atoms. The van der Waals surface area contributed by atoms with Crippen LogP contribution < -0.4 is 0 Å². The van der Waals surface area contributed by atoms with Crippen LogP contribution in [0.4, 0.5) is 0 Å². The molecule has 0 heterocycles.